The molecular formula is C15H21F5O. The molecule has 1 nitrogen and oxygen atoms in total. The van der Waals surface area contributed by atoms with E-state index in [0.29, 0.717) is 5.92 Å². The highest BCUT2D eigenvalue weighted by Gasteiger charge is 2.47. The van der Waals surface area contributed by atoms with Crippen molar-refractivity contribution >= 4 is 0 Å². The van der Waals surface area contributed by atoms with E-state index in [9.17, 15) is 22.0 Å². The Kier molecular flexibility index (Phi) is 5.28. The van der Waals surface area contributed by atoms with Crippen LogP contribution in [0, 0.1) is 17.8 Å². The van der Waals surface area contributed by atoms with Gasteiger partial charge in [-0.2, -0.15) is 0 Å². The highest BCUT2D eigenvalue weighted by atomic mass is 19.4. The first-order valence-corrected chi connectivity index (χ1v) is 7.45. The fraction of sp³-hybridized carbons (Fsp3) is 0.867. The van der Waals surface area contributed by atoms with E-state index in [2.05, 4.69) is 11.3 Å². The smallest absolute Gasteiger partial charge is 0.282 e. The van der Waals surface area contributed by atoms with Crippen molar-refractivity contribution in [2.75, 3.05) is 0 Å². The second-order valence-corrected chi connectivity index (χ2v) is 6.20. The summed E-state index contributed by atoms with van der Waals surface area (Å²) in [6, 6.07) is 0. The largest absolute Gasteiger partial charge is 0.522 e. The Hall–Kier alpha value is -0.650. The van der Waals surface area contributed by atoms with Crippen LogP contribution in [0.4, 0.5) is 22.0 Å². The van der Waals surface area contributed by atoms with Crippen LogP contribution in [0.3, 0.4) is 0 Å². The van der Waals surface area contributed by atoms with Gasteiger partial charge in [0.15, 0.2) is 0 Å². The lowest BCUT2D eigenvalue weighted by molar-refractivity contribution is -0.358. The number of ether oxygens (including phenoxy) is 1. The van der Waals surface area contributed by atoms with Crippen LogP contribution in [-0.4, -0.2) is 24.8 Å². The first kappa shape index (κ1) is 16.7. The van der Waals surface area contributed by atoms with Crippen molar-refractivity contribution in [2.45, 2.75) is 63.3 Å². The fourth-order valence-corrected chi connectivity index (χ4v) is 3.71. The van der Waals surface area contributed by atoms with Gasteiger partial charge in [-0.25, -0.2) is 8.78 Å². The van der Waals surface area contributed by atoms with Crippen LogP contribution in [0.1, 0.15) is 38.5 Å². The second-order valence-electron chi connectivity index (χ2n) is 6.20. The van der Waals surface area contributed by atoms with Crippen LogP contribution >= 0.6 is 0 Å². The molecule has 0 N–H and O–H groups in total. The van der Waals surface area contributed by atoms with E-state index in [0.717, 1.165) is 25.7 Å². The molecule has 2 aliphatic carbocycles. The van der Waals surface area contributed by atoms with Crippen molar-refractivity contribution in [3.8, 4) is 0 Å². The number of halogens is 5. The molecule has 0 aliphatic heterocycles. The predicted octanol–water partition coefficient (Wildman–Crippen LogP) is 4.97. The maximum atomic E-state index is 13.9. The zero-order chi connectivity index (χ0) is 15.6. The van der Waals surface area contributed by atoms with Crippen LogP contribution in [0.2, 0.25) is 0 Å². The van der Waals surface area contributed by atoms with Crippen molar-refractivity contribution in [3.63, 3.8) is 0 Å². The van der Waals surface area contributed by atoms with Gasteiger partial charge in [-0.1, -0.05) is 6.08 Å². The highest BCUT2D eigenvalue weighted by molar-refractivity contribution is 4.93. The first-order chi connectivity index (χ1) is 9.80. The molecule has 21 heavy (non-hydrogen) atoms. The van der Waals surface area contributed by atoms with Crippen LogP contribution in [0.25, 0.3) is 0 Å². The summed E-state index contributed by atoms with van der Waals surface area (Å²) in [6.45, 7) is 3.75. The average Bonchev–Trinajstić information content (AvgIpc) is 2.42. The van der Waals surface area contributed by atoms with Gasteiger partial charge in [0.25, 0.3) is 0 Å². The molecule has 0 aromatic rings. The Labute approximate surface area is 121 Å². The van der Waals surface area contributed by atoms with Crippen molar-refractivity contribution in [3.05, 3.63) is 12.7 Å². The van der Waals surface area contributed by atoms with Gasteiger partial charge in [0.2, 0.25) is 0 Å². The number of allylic oxidation sites excluding steroid dienone is 1. The van der Waals surface area contributed by atoms with Crippen LogP contribution in [-0.2, 0) is 4.74 Å². The van der Waals surface area contributed by atoms with Gasteiger partial charge in [0.05, 0.1) is 0 Å². The van der Waals surface area contributed by atoms with Gasteiger partial charge >= 0.3 is 6.36 Å². The molecule has 0 aromatic heterocycles. The van der Waals surface area contributed by atoms with E-state index >= 15 is 0 Å². The van der Waals surface area contributed by atoms with Gasteiger partial charge in [0, 0.05) is 0 Å². The molecule has 2 aliphatic rings. The summed E-state index contributed by atoms with van der Waals surface area (Å²) in [5, 5.41) is 0. The number of rotatable bonds is 3. The molecule has 2 saturated carbocycles. The Morgan fingerprint density at radius 1 is 0.905 bits per heavy atom. The average molecular weight is 312 g/mol. The lowest BCUT2D eigenvalue weighted by Crippen LogP contribution is -2.46. The lowest BCUT2D eigenvalue weighted by Gasteiger charge is -2.40. The zero-order valence-corrected chi connectivity index (χ0v) is 11.8. The predicted molar refractivity (Wildman–Crippen MR) is 69.1 cm³/mol. The summed E-state index contributed by atoms with van der Waals surface area (Å²) < 4.78 is 67.9. The molecule has 6 heteroatoms. The topological polar surface area (TPSA) is 9.23 Å². The SMILES string of the molecule is C=CC1CCC(C2CC(F)C(OC(F)(F)F)C(F)C2)CC1. The van der Waals surface area contributed by atoms with Crippen LogP contribution < -0.4 is 0 Å². The second kappa shape index (κ2) is 6.63. The molecule has 2 fully saturated rings. The molecule has 2 atom stereocenters. The molecule has 2 unspecified atom stereocenters. The van der Waals surface area contributed by atoms with Crippen molar-refractivity contribution in [2.24, 2.45) is 17.8 Å². The number of hydrogen-bond acceptors (Lipinski definition) is 1. The maximum Gasteiger partial charge on any atom is 0.522 e. The molecule has 0 amide bonds. The summed E-state index contributed by atoms with van der Waals surface area (Å²) in [4.78, 5) is 0. The lowest BCUT2D eigenvalue weighted by atomic mass is 9.70. The summed E-state index contributed by atoms with van der Waals surface area (Å²) in [5.74, 6) is 0.465. The molecule has 0 saturated heterocycles. The first-order valence-electron chi connectivity index (χ1n) is 7.45. The van der Waals surface area contributed by atoms with E-state index in [-0.39, 0.29) is 24.7 Å². The van der Waals surface area contributed by atoms with E-state index in [4.69, 9.17) is 0 Å². The molecule has 0 spiro atoms. The van der Waals surface area contributed by atoms with Gasteiger partial charge in [-0.05, 0) is 56.3 Å². The van der Waals surface area contributed by atoms with Crippen molar-refractivity contribution < 1.29 is 26.7 Å². The molecule has 122 valence electrons. The van der Waals surface area contributed by atoms with Crippen LogP contribution in [0.15, 0.2) is 12.7 Å². The third-order valence-electron chi connectivity index (χ3n) is 4.86. The minimum absolute atomic E-state index is 0.0371. The van der Waals surface area contributed by atoms with E-state index < -0.39 is 24.8 Å². The Bertz CT molecular complexity index is 336. The highest BCUT2D eigenvalue weighted by Crippen LogP contribution is 2.43. The molecular weight excluding hydrogens is 291 g/mol. The summed E-state index contributed by atoms with van der Waals surface area (Å²) >= 11 is 0. The third kappa shape index (κ3) is 4.41. The van der Waals surface area contributed by atoms with Gasteiger partial charge in [-0.15, -0.1) is 19.8 Å². The number of alkyl halides is 5. The van der Waals surface area contributed by atoms with Crippen LogP contribution in [0.5, 0.6) is 0 Å². The third-order valence-corrected chi connectivity index (χ3v) is 4.86. The van der Waals surface area contributed by atoms with Gasteiger partial charge in [-0.3, -0.25) is 4.74 Å². The Morgan fingerprint density at radius 3 is 1.86 bits per heavy atom. The zero-order valence-electron chi connectivity index (χ0n) is 11.8. The quantitative estimate of drug-likeness (QED) is 0.528. The number of hydrogen-bond donors (Lipinski definition) is 0. The molecule has 0 heterocycles. The normalized spacial score (nSPS) is 41.8. The van der Waals surface area contributed by atoms with E-state index in [1.54, 1.807) is 0 Å². The Morgan fingerprint density at radius 2 is 1.43 bits per heavy atom. The molecule has 2 rings (SSSR count). The fourth-order valence-electron chi connectivity index (χ4n) is 3.71. The van der Waals surface area contributed by atoms with E-state index in [1.807, 2.05) is 6.08 Å². The van der Waals surface area contributed by atoms with Gasteiger partial charge in [0.1, 0.15) is 18.4 Å². The van der Waals surface area contributed by atoms with Gasteiger partial charge < -0.3 is 0 Å². The molecule has 0 aromatic carbocycles. The van der Waals surface area contributed by atoms with E-state index in [1.165, 1.54) is 0 Å². The standard InChI is InChI=1S/C15H21F5O/c1-2-9-3-5-10(6-4-9)11-7-12(16)14(13(17)8-11)21-15(18,19)20/h2,9-14H,1,3-8H2. The Balaban J connectivity index is 1.91. The minimum atomic E-state index is -4.99. The summed E-state index contributed by atoms with van der Waals surface area (Å²) in [7, 11) is 0. The minimum Gasteiger partial charge on any atom is -0.282 e. The molecule has 0 radical (unpaired) electrons. The molecule has 0 bridgehead atoms. The summed E-state index contributed by atoms with van der Waals surface area (Å²) in [6.07, 6.45) is -5.33. The monoisotopic (exact) mass is 312 g/mol. The van der Waals surface area contributed by atoms with Crippen molar-refractivity contribution in [1.29, 1.82) is 0 Å². The maximum absolute atomic E-state index is 13.9. The van der Waals surface area contributed by atoms with Crippen molar-refractivity contribution in [1.82, 2.24) is 0 Å². The summed E-state index contributed by atoms with van der Waals surface area (Å²) in [5.41, 5.74) is 0.